The molecule has 96 valence electrons. The first-order chi connectivity index (χ1) is 8.75. The van der Waals surface area contributed by atoms with E-state index in [0.29, 0.717) is 18.0 Å². The first-order valence-corrected chi connectivity index (χ1v) is 6.86. The van der Waals surface area contributed by atoms with E-state index in [0.717, 1.165) is 12.1 Å². The number of nitrogens with zero attached hydrogens (tertiary/aromatic N) is 1. The second-order valence-corrected chi connectivity index (χ2v) is 5.50. The summed E-state index contributed by atoms with van der Waals surface area (Å²) in [5.74, 6) is 0.788. The van der Waals surface area contributed by atoms with Gasteiger partial charge in [-0.05, 0) is 30.4 Å². The molecular formula is C15H19NO2. The molecule has 1 aliphatic heterocycles. The summed E-state index contributed by atoms with van der Waals surface area (Å²) in [6.45, 7) is 1.52. The number of hydrogen-bond donors (Lipinski definition) is 1. The van der Waals surface area contributed by atoms with E-state index in [4.69, 9.17) is 0 Å². The Morgan fingerprint density at radius 3 is 2.72 bits per heavy atom. The van der Waals surface area contributed by atoms with Crippen molar-refractivity contribution < 1.29 is 9.90 Å². The number of rotatable bonds is 2. The Morgan fingerprint density at radius 2 is 2.00 bits per heavy atom. The molecule has 0 radical (unpaired) electrons. The standard InChI is InChI=1S/C15H19NO2/c17-13-8-4-7-12-10-16(15(18)14(12)13)9-11-5-2-1-3-6-11/h4,7-8,11,17H,1-3,5-6,9-10H2. The molecule has 0 unspecified atom stereocenters. The number of carbonyl (C=O) groups excluding carboxylic acids is 1. The minimum Gasteiger partial charge on any atom is -0.507 e. The molecule has 1 heterocycles. The quantitative estimate of drug-likeness (QED) is 0.870. The fourth-order valence-corrected chi connectivity index (χ4v) is 3.23. The van der Waals surface area contributed by atoms with E-state index in [9.17, 15) is 9.90 Å². The van der Waals surface area contributed by atoms with Gasteiger partial charge in [0.2, 0.25) is 0 Å². The Labute approximate surface area is 107 Å². The SMILES string of the molecule is O=C1c2c(O)cccc2CN1CC1CCCCC1. The van der Waals surface area contributed by atoms with Crippen LogP contribution in [-0.2, 0) is 6.54 Å². The van der Waals surface area contributed by atoms with Crippen LogP contribution in [0.1, 0.15) is 48.0 Å². The first-order valence-electron chi connectivity index (χ1n) is 6.86. The predicted octanol–water partition coefficient (Wildman–Crippen LogP) is 2.93. The monoisotopic (exact) mass is 245 g/mol. The lowest BCUT2D eigenvalue weighted by Gasteiger charge is -2.26. The largest absolute Gasteiger partial charge is 0.507 e. The normalized spacial score (nSPS) is 20.2. The predicted molar refractivity (Wildman–Crippen MR) is 69.4 cm³/mol. The maximum absolute atomic E-state index is 12.3. The maximum Gasteiger partial charge on any atom is 0.258 e. The molecule has 18 heavy (non-hydrogen) atoms. The van der Waals surface area contributed by atoms with Gasteiger partial charge in [-0.15, -0.1) is 0 Å². The van der Waals surface area contributed by atoms with Crippen LogP contribution in [0.2, 0.25) is 0 Å². The number of fused-ring (bicyclic) bond motifs is 1. The number of benzene rings is 1. The molecule has 1 aliphatic carbocycles. The summed E-state index contributed by atoms with van der Waals surface area (Å²) in [6, 6.07) is 5.35. The van der Waals surface area contributed by atoms with E-state index in [2.05, 4.69) is 0 Å². The summed E-state index contributed by atoms with van der Waals surface area (Å²) in [6.07, 6.45) is 6.42. The van der Waals surface area contributed by atoms with Crippen LogP contribution < -0.4 is 0 Å². The Hall–Kier alpha value is -1.51. The zero-order chi connectivity index (χ0) is 12.5. The zero-order valence-corrected chi connectivity index (χ0v) is 10.6. The molecule has 1 N–H and O–H groups in total. The van der Waals surface area contributed by atoms with E-state index < -0.39 is 0 Å². The molecule has 2 aliphatic rings. The molecule has 1 aromatic carbocycles. The molecule has 3 rings (SSSR count). The second-order valence-electron chi connectivity index (χ2n) is 5.50. The van der Waals surface area contributed by atoms with E-state index in [1.165, 1.54) is 32.1 Å². The highest BCUT2D eigenvalue weighted by molar-refractivity contribution is 6.00. The van der Waals surface area contributed by atoms with Crippen LogP contribution in [0, 0.1) is 5.92 Å². The van der Waals surface area contributed by atoms with Gasteiger partial charge in [0.05, 0.1) is 5.56 Å². The van der Waals surface area contributed by atoms with Crippen molar-refractivity contribution in [1.29, 1.82) is 0 Å². The van der Waals surface area contributed by atoms with E-state index >= 15 is 0 Å². The van der Waals surface area contributed by atoms with Crippen molar-refractivity contribution in [2.24, 2.45) is 5.92 Å². The van der Waals surface area contributed by atoms with Crippen molar-refractivity contribution >= 4 is 5.91 Å². The summed E-state index contributed by atoms with van der Waals surface area (Å²) in [4.78, 5) is 14.2. The molecule has 3 nitrogen and oxygen atoms in total. The van der Waals surface area contributed by atoms with Crippen LogP contribution in [0.4, 0.5) is 0 Å². The number of amides is 1. The molecule has 0 bridgehead atoms. The highest BCUT2D eigenvalue weighted by atomic mass is 16.3. The molecule has 1 fully saturated rings. The van der Waals surface area contributed by atoms with Gasteiger partial charge in [0.1, 0.15) is 5.75 Å². The summed E-state index contributed by atoms with van der Waals surface area (Å²) in [5.41, 5.74) is 1.49. The van der Waals surface area contributed by atoms with Crippen molar-refractivity contribution in [2.75, 3.05) is 6.54 Å². The third-order valence-electron chi connectivity index (χ3n) is 4.19. The minimum absolute atomic E-state index is 0.00803. The lowest BCUT2D eigenvalue weighted by atomic mass is 9.89. The minimum atomic E-state index is 0.00803. The molecule has 1 saturated carbocycles. The Bertz CT molecular complexity index is 464. The molecular weight excluding hydrogens is 226 g/mol. The molecule has 3 heteroatoms. The zero-order valence-electron chi connectivity index (χ0n) is 10.6. The fourth-order valence-electron chi connectivity index (χ4n) is 3.23. The number of aromatic hydroxyl groups is 1. The van der Waals surface area contributed by atoms with Crippen LogP contribution in [0.25, 0.3) is 0 Å². The van der Waals surface area contributed by atoms with Gasteiger partial charge in [-0.3, -0.25) is 4.79 Å². The van der Waals surface area contributed by atoms with Gasteiger partial charge >= 0.3 is 0 Å². The molecule has 1 aromatic rings. The number of carbonyl (C=O) groups is 1. The van der Waals surface area contributed by atoms with Gasteiger partial charge in [0.25, 0.3) is 5.91 Å². The van der Waals surface area contributed by atoms with Gasteiger partial charge in [-0.25, -0.2) is 0 Å². The first kappa shape index (κ1) is 11.6. The van der Waals surface area contributed by atoms with Crippen molar-refractivity contribution in [3.63, 3.8) is 0 Å². The number of hydrogen-bond acceptors (Lipinski definition) is 2. The molecule has 0 atom stereocenters. The summed E-state index contributed by atoms with van der Waals surface area (Å²) >= 11 is 0. The van der Waals surface area contributed by atoms with Crippen LogP contribution in [0.3, 0.4) is 0 Å². The van der Waals surface area contributed by atoms with E-state index in [1.54, 1.807) is 6.07 Å². The lowest BCUT2D eigenvalue weighted by molar-refractivity contribution is 0.0736. The Balaban J connectivity index is 1.74. The summed E-state index contributed by atoms with van der Waals surface area (Å²) in [7, 11) is 0. The van der Waals surface area contributed by atoms with Crippen LogP contribution in [-0.4, -0.2) is 22.5 Å². The summed E-state index contributed by atoms with van der Waals surface area (Å²) < 4.78 is 0. The Kier molecular flexibility index (Phi) is 2.98. The van der Waals surface area contributed by atoms with Gasteiger partial charge in [-0.2, -0.15) is 0 Å². The van der Waals surface area contributed by atoms with Crippen LogP contribution in [0.15, 0.2) is 18.2 Å². The average Bonchev–Trinajstić information content (AvgIpc) is 2.69. The van der Waals surface area contributed by atoms with Crippen molar-refractivity contribution in [3.05, 3.63) is 29.3 Å². The summed E-state index contributed by atoms with van der Waals surface area (Å²) in [5, 5.41) is 9.78. The van der Waals surface area contributed by atoms with E-state index in [-0.39, 0.29) is 11.7 Å². The number of phenolic OH excluding ortho intramolecular Hbond substituents is 1. The number of phenols is 1. The Morgan fingerprint density at radius 1 is 1.22 bits per heavy atom. The van der Waals surface area contributed by atoms with Gasteiger partial charge in [0, 0.05) is 13.1 Å². The van der Waals surface area contributed by atoms with Crippen molar-refractivity contribution in [1.82, 2.24) is 4.90 Å². The second kappa shape index (κ2) is 4.63. The topological polar surface area (TPSA) is 40.5 Å². The third-order valence-corrected chi connectivity index (χ3v) is 4.19. The highest BCUT2D eigenvalue weighted by Gasteiger charge is 2.31. The molecule has 1 amide bonds. The van der Waals surface area contributed by atoms with Gasteiger partial charge in [-0.1, -0.05) is 31.4 Å². The highest BCUT2D eigenvalue weighted by Crippen LogP contribution is 2.32. The van der Waals surface area contributed by atoms with Crippen LogP contribution >= 0.6 is 0 Å². The smallest absolute Gasteiger partial charge is 0.258 e. The fraction of sp³-hybridized carbons (Fsp3) is 0.533. The van der Waals surface area contributed by atoms with Gasteiger partial charge < -0.3 is 10.0 Å². The van der Waals surface area contributed by atoms with Gasteiger partial charge in [0.15, 0.2) is 0 Å². The van der Waals surface area contributed by atoms with Crippen LogP contribution in [0.5, 0.6) is 5.75 Å². The van der Waals surface area contributed by atoms with E-state index in [1.807, 2.05) is 17.0 Å². The average molecular weight is 245 g/mol. The maximum atomic E-state index is 12.3. The molecule has 0 saturated heterocycles. The lowest BCUT2D eigenvalue weighted by Crippen LogP contribution is -2.30. The molecule has 0 aromatic heterocycles. The van der Waals surface area contributed by atoms with Crippen molar-refractivity contribution in [3.8, 4) is 5.75 Å². The third kappa shape index (κ3) is 1.98. The van der Waals surface area contributed by atoms with Crippen molar-refractivity contribution in [2.45, 2.75) is 38.6 Å². The molecule has 0 spiro atoms.